The molecule has 0 aliphatic heterocycles. The number of hydrogen-bond donors (Lipinski definition) is 0. The lowest BCUT2D eigenvalue weighted by atomic mass is 10.3. The Morgan fingerprint density at radius 3 is 2.89 bits per heavy atom. The Hall–Kier alpha value is -2.09. The molecule has 0 N–H and O–H groups in total. The Kier molecular flexibility index (Phi) is 3.78. The summed E-state index contributed by atoms with van der Waals surface area (Å²) in [5.41, 5.74) is 1.25. The zero-order valence-electron chi connectivity index (χ0n) is 10.3. The lowest BCUT2D eigenvalue weighted by molar-refractivity contribution is -0.141. The van der Waals surface area contributed by atoms with E-state index in [1.165, 1.54) is 0 Å². The number of ether oxygens (including phenoxy) is 1. The molecule has 1 saturated carbocycles. The summed E-state index contributed by atoms with van der Waals surface area (Å²) in [5.74, 6) is -0.228. The molecule has 0 amide bonds. The van der Waals surface area contributed by atoms with E-state index in [1.54, 1.807) is 19.2 Å². The summed E-state index contributed by atoms with van der Waals surface area (Å²) in [6.45, 7) is 2.43. The summed E-state index contributed by atoms with van der Waals surface area (Å²) in [4.78, 5) is 17.6. The van der Waals surface area contributed by atoms with Gasteiger partial charge in [-0.3, -0.25) is 4.79 Å². The Labute approximate surface area is 106 Å². The van der Waals surface area contributed by atoms with Crippen LogP contribution in [0, 0.1) is 11.3 Å². The zero-order chi connectivity index (χ0) is 13.0. The first-order chi connectivity index (χ1) is 8.74. The van der Waals surface area contributed by atoms with Crippen molar-refractivity contribution in [3.8, 4) is 6.07 Å². The molecule has 1 aromatic heterocycles. The molecule has 1 aliphatic carbocycles. The van der Waals surface area contributed by atoms with Gasteiger partial charge in [-0.1, -0.05) is 0 Å². The van der Waals surface area contributed by atoms with Crippen molar-refractivity contribution in [2.45, 2.75) is 25.8 Å². The van der Waals surface area contributed by atoms with Crippen LogP contribution in [0.1, 0.15) is 25.5 Å². The van der Waals surface area contributed by atoms with Crippen LogP contribution in [0.2, 0.25) is 0 Å². The van der Waals surface area contributed by atoms with Crippen molar-refractivity contribution in [1.29, 1.82) is 5.26 Å². The van der Waals surface area contributed by atoms with E-state index < -0.39 is 0 Å². The molecular weight excluding hydrogens is 230 g/mol. The van der Waals surface area contributed by atoms with Crippen LogP contribution in [0.3, 0.4) is 0 Å². The highest BCUT2D eigenvalue weighted by molar-refractivity contribution is 5.76. The number of carbonyl (C=O) groups excluding carboxylic acids is 1. The molecule has 0 radical (unpaired) electrons. The molecule has 0 unspecified atom stereocenters. The van der Waals surface area contributed by atoms with E-state index in [-0.39, 0.29) is 12.5 Å². The SMILES string of the molecule is CCOC(=O)CN(c1ccc(C#N)nc1)C1CC1. The average Bonchev–Trinajstić information content (AvgIpc) is 3.21. The van der Waals surface area contributed by atoms with Gasteiger partial charge in [-0.15, -0.1) is 0 Å². The van der Waals surface area contributed by atoms with Gasteiger partial charge in [0.2, 0.25) is 0 Å². The first-order valence-electron chi connectivity index (χ1n) is 6.03. The maximum absolute atomic E-state index is 11.5. The topological polar surface area (TPSA) is 66.2 Å². The van der Waals surface area contributed by atoms with Crippen molar-refractivity contribution in [2.24, 2.45) is 0 Å². The van der Waals surface area contributed by atoms with Gasteiger partial charge in [0, 0.05) is 6.04 Å². The molecule has 18 heavy (non-hydrogen) atoms. The van der Waals surface area contributed by atoms with Crippen LogP contribution >= 0.6 is 0 Å². The first-order valence-corrected chi connectivity index (χ1v) is 6.03. The minimum atomic E-state index is -0.228. The Bertz CT molecular complexity index is 460. The molecule has 5 nitrogen and oxygen atoms in total. The highest BCUT2D eigenvalue weighted by Gasteiger charge is 2.31. The van der Waals surface area contributed by atoms with Crippen molar-refractivity contribution in [1.82, 2.24) is 4.98 Å². The molecule has 0 spiro atoms. The molecule has 94 valence electrons. The fraction of sp³-hybridized carbons (Fsp3) is 0.462. The predicted molar refractivity (Wildman–Crippen MR) is 66.0 cm³/mol. The van der Waals surface area contributed by atoms with E-state index >= 15 is 0 Å². The second kappa shape index (κ2) is 5.50. The number of aromatic nitrogens is 1. The van der Waals surface area contributed by atoms with E-state index in [4.69, 9.17) is 10.00 Å². The summed E-state index contributed by atoms with van der Waals surface area (Å²) in [7, 11) is 0. The smallest absolute Gasteiger partial charge is 0.325 e. The maximum atomic E-state index is 11.5. The van der Waals surface area contributed by atoms with Crippen molar-refractivity contribution < 1.29 is 9.53 Å². The van der Waals surface area contributed by atoms with Crippen molar-refractivity contribution in [3.63, 3.8) is 0 Å². The van der Waals surface area contributed by atoms with Crippen LogP contribution < -0.4 is 4.90 Å². The molecular formula is C13H15N3O2. The number of rotatable bonds is 5. The van der Waals surface area contributed by atoms with Crippen LogP contribution in [-0.4, -0.2) is 30.1 Å². The Morgan fingerprint density at radius 2 is 2.39 bits per heavy atom. The zero-order valence-corrected chi connectivity index (χ0v) is 10.3. The number of nitriles is 1. The highest BCUT2D eigenvalue weighted by Crippen LogP contribution is 2.31. The number of esters is 1. The maximum Gasteiger partial charge on any atom is 0.325 e. The fourth-order valence-corrected chi connectivity index (χ4v) is 1.79. The van der Waals surface area contributed by atoms with Crippen LogP contribution in [0.5, 0.6) is 0 Å². The third-order valence-corrected chi connectivity index (χ3v) is 2.79. The van der Waals surface area contributed by atoms with Gasteiger partial charge >= 0.3 is 5.97 Å². The number of pyridine rings is 1. The molecule has 5 heteroatoms. The first kappa shape index (κ1) is 12.4. The van der Waals surface area contributed by atoms with E-state index in [2.05, 4.69) is 4.98 Å². The quantitative estimate of drug-likeness (QED) is 0.735. The predicted octanol–water partition coefficient (Wildman–Crippen LogP) is 1.49. The van der Waals surface area contributed by atoms with Gasteiger partial charge in [-0.25, -0.2) is 4.98 Å². The summed E-state index contributed by atoms with van der Waals surface area (Å²) < 4.78 is 4.96. The average molecular weight is 245 g/mol. The lowest BCUT2D eigenvalue weighted by Gasteiger charge is -2.23. The molecule has 1 heterocycles. The van der Waals surface area contributed by atoms with Crippen LogP contribution in [0.15, 0.2) is 18.3 Å². The van der Waals surface area contributed by atoms with Gasteiger partial charge in [0.1, 0.15) is 18.3 Å². The number of carbonyl (C=O) groups is 1. The molecule has 1 aromatic rings. The largest absolute Gasteiger partial charge is 0.465 e. The third-order valence-electron chi connectivity index (χ3n) is 2.79. The Morgan fingerprint density at radius 1 is 1.61 bits per heavy atom. The summed E-state index contributed by atoms with van der Waals surface area (Å²) in [6, 6.07) is 5.86. The van der Waals surface area contributed by atoms with E-state index in [9.17, 15) is 4.79 Å². The number of anilines is 1. The monoisotopic (exact) mass is 245 g/mol. The van der Waals surface area contributed by atoms with Crippen molar-refractivity contribution in [3.05, 3.63) is 24.0 Å². The van der Waals surface area contributed by atoms with E-state index in [1.807, 2.05) is 17.0 Å². The number of nitrogens with zero attached hydrogens (tertiary/aromatic N) is 3. The van der Waals surface area contributed by atoms with Gasteiger partial charge in [-0.05, 0) is 31.9 Å². The number of hydrogen-bond acceptors (Lipinski definition) is 5. The standard InChI is InChI=1S/C13H15N3O2/c1-2-18-13(17)9-16(11-5-6-11)12-4-3-10(7-14)15-8-12/h3-4,8,11H,2,5-6,9H2,1H3. The molecule has 1 aliphatic rings. The van der Waals surface area contributed by atoms with E-state index in [0.717, 1.165) is 18.5 Å². The lowest BCUT2D eigenvalue weighted by Crippen LogP contribution is -2.33. The van der Waals surface area contributed by atoms with Crippen LogP contribution in [0.4, 0.5) is 5.69 Å². The molecule has 1 fully saturated rings. The third kappa shape index (κ3) is 2.98. The van der Waals surface area contributed by atoms with Gasteiger partial charge in [0.05, 0.1) is 18.5 Å². The highest BCUT2D eigenvalue weighted by atomic mass is 16.5. The minimum absolute atomic E-state index is 0.228. The fourth-order valence-electron chi connectivity index (χ4n) is 1.79. The van der Waals surface area contributed by atoms with Gasteiger partial charge in [0.15, 0.2) is 0 Å². The van der Waals surface area contributed by atoms with Crippen LogP contribution in [0.25, 0.3) is 0 Å². The summed E-state index contributed by atoms with van der Waals surface area (Å²) >= 11 is 0. The second-order valence-corrected chi connectivity index (χ2v) is 4.18. The van der Waals surface area contributed by atoms with Gasteiger partial charge < -0.3 is 9.64 Å². The normalized spacial score (nSPS) is 13.8. The van der Waals surface area contributed by atoms with E-state index in [0.29, 0.717) is 18.3 Å². The van der Waals surface area contributed by atoms with Gasteiger partial charge in [0.25, 0.3) is 0 Å². The molecule has 2 rings (SSSR count). The second-order valence-electron chi connectivity index (χ2n) is 4.18. The Balaban J connectivity index is 2.09. The minimum Gasteiger partial charge on any atom is -0.465 e. The molecule has 0 bridgehead atoms. The summed E-state index contributed by atoms with van der Waals surface area (Å²) in [5, 5.41) is 8.70. The van der Waals surface area contributed by atoms with Gasteiger partial charge in [-0.2, -0.15) is 5.26 Å². The summed E-state index contributed by atoms with van der Waals surface area (Å²) in [6.07, 6.45) is 3.80. The molecule has 0 saturated heterocycles. The van der Waals surface area contributed by atoms with Crippen LogP contribution in [-0.2, 0) is 9.53 Å². The molecule has 0 aromatic carbocycles. The molecule has 0 atom stereocenters. The van der Waals surface area contributed by atoms with Crippen molar-refractivity contribution >= 4 is 11.7 Å². The van der Waals surface area contributed by atoms with Crippen molar-refractivity contribution in [2.75, 3.05) is 18.1 Å².